The van der Waals surface area contributed by atoms with Crippen LogP contribution in [0.1, 0.15) is 25.8 Å². The number of hydrogen-bond donors (Lipinski definition) is 1. The first-order chi connectivity index (χ1) is 13.5. The van der Waals surface area contributed by atoms with Crippen LogP contribution < -0.4 is 19.5 Å². The number of carbonyl (C=O) groups is 1. The van der Waals surface area contributed by atoms with Crippen molar-refractivity contribution in [3.8, 4) is 17.2 Å². The second kappa shape index (κ2) is 10.9. The van der Waals surface area contributed by atoms with Crippen molar-refractivity contribution in [2.45, 2.75) is 26.9 Å². The molecule has 0 aromatic heterocycles. The maximum absolute atomic E-state index is 12.5. The molecule has 1 amide bonds. The van der Waals surface area contributed by atoms with Crippen LogP contribution in [0.15, 0.2) is 48.5 Å². The highest BCUT2D eigenvalue weighted by Gasteiger charge is 2.11. The van der Waals surface area contributed by atoms with Crippen LogP contribution in [0.2, 0.25) is 0 Å². The molecule has 0 spiro atoms. The molecule has 0 saturated heterocycles. The van der Waals surface area contributed by atoms with E-state index in [1.54, 1.807) is 37.3 Å². The lowest BCUT2D eigenvalue weighted by molar-refractivity contribution is -0.111. The largest absolute Gasteiger partial charge is 0.491 e. The second-order valence-electron chi connectivity index (χ2n) is 5.68. The summed E-state index contributed by atoms with van der Waals surface area (Å²) in [5.74, 6) is 0.376. The number of alkyl halides is 2. The Bertz CT molecular complexity index is 809. The number of carbonyl (C=O) groups excluding carboxylic acids is 1. The number of nitrogens with one attached hydrogen (secondary N) is 1. The lowest BCUT2D eigenvalue weighted by atomic mass is 10.2. The highest BCUT2D eigenvalue weighted by Crippen LogP contribution is 2.30. The van der Waals surface area contributed by atoms with Gasteiger partial charge in [-0.3, -0.25) is 4.79 Å². The van der Waals surface area contributed by atoms with Crippen LogP contribution in [0.3, 0.4) is 0 Å². The number of benzene rings is 2. The first kappa shape index (κ1) is 21.2. The Hall–Kier alpha value is -3.09. The summed E-state index contributed by atoms with van der Waals surface area (Å²) in [5, 5.41) is 2.76. The minimum absolute atomic E-state index is 0.0551. The topological polar surface area (TPSA) is 56.8 Å². The minimum Gasteiger partial charge on any atom is -0.491 e. The fraction of sp³-hybridized carbons (Fsp3) is 0.286. The minimum atomic E-state index is -2.94. The lowest BCUT2D eigenvalue weighted by Gasteiger charge is -2.12. The Labute approximate surface area is 162 Å². The first-order valence-electron chi connectivity index (χ1n) is 8.96. The van der Waals surface area contributed by atoms with Crippen molar-refractivity contribution in [1.29, 1.82) is 0 Å². The number of rotatable bonds is 10. The number of anilines is 1. The van der Waals surface area contributed by atoms with E-state index >= 15 is 0 Å². The van der Waals surface area contributed by atoms with Crippen molar-refractivity contribution in [3.63, 3.8) is 0 Å². The highest BCUT2D eigenvalue weighted by atomic mass is 19.3. The van der Waals surface area contributed by atoms with Gasteiger partial charge in [-0.05, 0) is 49.2 Å². The molecule has 2 aromatic carbocycles. The quantitative estimate of drug-likeness (QED) is 0.571. The molecule has 28 heavy (non-hydrogen) atoms. The van der Waals surface area contributed by atoms with Gasteiger partial charge in [0.25, 0.3) is 0 Å². The van der Waals surface area contributed by atoms with E-state index in [9.17, 15) is 13.6 Å². The summed E-state index contributed by atoms with van der Waals surface area (Å²) >= 11 is 0. The Morgan fingerprint density at radius 2 is 1.86 bits per heavy atom. The molecule has 7 heteroatoms. The number of halogens is 2. The van der Waals surface area contributed by atoms with Gasteiger partial charge < -0.3 is 19.5 Å². The summed E-state index contributed by atoms with van der Waals surface area (Å²) in [6.45, 7) is 1.64. The summed E-state index contributed by atoms with van der Waals surface area (Å²) in [4.78, 5) is 12.2. The zero-order valence-electron chi connectivity index (χ0n) is 15.8. The Morgan fingerprint density at radius 1 is 1.07 bits per heavy atom. The van der Waals surface area contributed by atoms with E-state index in [0.717, 1.165) is 6.42 Å². The first-order valence-corrected chi connectivity index (χ1v) is 8.96. The van der Waals surface area contributed by atoms with Gasteiger partial charge in [-0.15, -0.1) is 0 Å². The van der Waals surface area contributed by atoms with Crippen molar-refractivity contribution in [2.24, 2.45) is 0 Å². The highest BCUT2D eigenvalue weighted by molar-refractivity contribution is 6.02. The molecule has 0 unspecified atom stereocenters. The molecule has 1 N–H and O–H groups in total. The molecule has 0 saturated carbocycles. The van der Waals surface area contributed by atoms with Crippen molar-refractivity contribution in [1.82, 2.24) is 0 Å². The molecule has 0 fully saturated rings. The average molecular weight is 391 g/mol. The zero-order valence-corrected chi connectivity index (χ0v) is 15.8. The van der Waals surface area contributed by atoms with Gasteiger partial charge in [-0.1, -0.05) is 25.1 Å². The fourth-order valence-corrected chi connectivity index (χ4v) is 2.34. The number of hydrogen-bond acceptors (Lipinski definition) is 4. The molecule has 0 heterocycles. The van der Waals surface area contributed by atoms with Gasteiger partial charge in [0.1, 0.15) is 5.75 Å². The van der Waals surface area contributed by atoms with Gasteiger partial charge in [0.2, 0.25) is 5.91 Å². The molecular weight excluding hydrogens is 368 g/mol. The summed E-state index contributed by atoms with van der Waals surface area (Å²) in [7, 11) is 0. The molecule has 0 atom stereocenters. The van der Waals surface area contributed by atoms with Gasteiger partial charge >= 0.3 is 6.61 Å². The van der Waals surface area contributed by atoms with Crippen LogP contribution in [0.5, 0.6) is 17.2 Å². The van der Waals surface area contributed by atoms with Gasteiger partial charge in [0.15, 0.2) is 11.5 Å². The molecule has 150 valence electrons. The average Bonchev–Trinajstić information content (AvgIpc) is 2.67. The monoisotopic (exact) mass is 391 g/mol. The van der Waals surface area contributed by atoms with E-state index in [1.807, 2.05) is 13.0 Å². The standard InChI is InChI=1S/C21H23F2NO4/c1-3-13-27-17-8-6-5-7-16(17)24-20(25)12-10-15-9-11-18(28-21(22)23)19(14-15)26-4-2/h5-12,14,21H,3-4,13H2,1-2H3,(H,24,25)/b12-10+. The van der Waals surface area contributed by atoms with Gasteiger partial charge in [-0.2, -0.15) is 8.78 Å². The predicted molar refractivity (Wildman–Crippen MR) is 104 cm³/mol. The van der Waals surface area contributed by atoms with E-state index < -0.39 is 6.61 Å². The Morgan fingerprint density at radius 3 is 2.57 bits per heavy atom. The van der Waals surface area contributed by atoms with Crippen LogP contribution in [0, 0.1) is 0 Å². The molecular formula is C21H23F2NO4. The Kier molecular flexibility index (Phi) is 8.27. The van der Waals surface area contributed by atoms with E-state index in [2.05, 4.69) is 10.1 Å². The summed E-state index contributed by atoms with van der Waals surface area (Å²) in [5.41, 5.74) is 1.18. The molecule has 0 radical (unpaired) electrons. The van der Waals surface area contributed by atoms with Gasteiger partial charge in [0.05, 0.1) is 18.9 Å². The van der Waals surface area contributed by atoms with Crippen molar-refractivity contribution in [3.05, 3.63) is 54.1 Å². The van der Waals surface area contributed by atoms with E-state index in [1.165, 1.54) is 18.2 Å². The SMILES string of the molecule is CCCOc1ccccc1NC(=O)/C=C/c1ccc(OC(F)F)c(OCC)c1. The van der Waals surface area contributed by atoms with Gasteiger partial charge in [-0.25, -0.2) is 0 Å². The van der Waals surface area contributed by atoms with E-state index in [0.29, 0.717) is 30.2 Å². The third-order valence-electron chi connectivity index (χ3n) is 3.52. The second-order valence-corrected chi connectivity index (χ2v) is 5.68. The lowest BCUT2D eigenvalue weighted by Crippen LogP contribution is -2.09. The number of amides is 1. The molecule has 0 bridgehead atoms. The molecule has 0 aliphatic carbocycles. The fourth-order valence-electron chi connectivity index (χ4n) is 2.34. The maximum atomic E-state index is 12.5. The maximum Gasteiger partial charge on any atom is 0.387 e. The van der Waals surface area contributed by atoms with E-state index in [4.69, 9.17) is 9.47 Å². The third-order valence-corrected chi connectivity index (χ3v) is 3.52. The van der Waals surface area contributed by atoms with Crippen LogP contribution in [0.25, 0.3) is 6.08 Å². The van der Waals surface area contributed by atoms with E-state index in [-0.39, 0.29) is 17.4 Å². The summed E-state index contributed by atoms with van der Waals surface area (Å²) in [6, 6.07) is 11.6. The molecule has 2 rings (SSSR count). The van der Waals surface area contributed by atoms with Crippen LogP contribution in [0.4, 0.5) is 14.5 Å². The van der Waals surface area contributed by atoms with Gasteiger partial charge in [0, 0.05) is 6.08 Å². The van der Waals surface area contributed by atoms with Crippen LogP contribution in [-0.2, 0) is 4.79 Å². The number of para-hydroxylation sites is 2. The normalized spacial score (nSPS) is 10.9. The molecule has 0 aliphatic heterocycles. The Balaban J connectivity index is 2.09. The molecule has 5 nitrogen and oxygen atoms in total. The number of ether oxygens (including phenoxy) is 3. The predicted octanol–water partition coefficient (Wildman–Crippen LogP) is 5.13. The van der Waals surface area contributed by atoms with Crippen LogP contribution in [-0.4, -0.2) is 25.7 Å². The molecule has 2 aromatic rings. The third kappa shape index (κ3) is 6.57. The smallest absolute Gasteiger partial charge is 0.387 e. The van der Waals surface area contributed by atoms with Crippen molar-refractivity contribution >= 4 is 17.7 Å². The van der Waals surface area contributed by atoms with Crippen LogP contribution >= 0.6 is 0 Å². The zero-order chi connectivity index (χ0) is 20.4. The van der Waals surface area contributed by atoms with Crippen molar-refractivity contribution < 1.29 is 27.8 Å². The summed E-state index contributed by atoms with van der Waals surface area (Å²) < 4.78 is 40.3. The molecule has 0 aliphatic rings. The van der Waals surface area contributed by atoms with Crippen molar-refractivity contribution in [2.75, 3.05) is 18.5 Å². The summed E-state index contributed by atoms with van der Waals surface area (Å²) in [6.07, 6.45) is 3.75.